The van der Waals surface area contributed by atoms with E-state index in [1.54, 1.807) is 6.26 Å². The Morgan fingerprint density at radius 2 is 1.32 bits per heavy atom. The molecule has 5 aromatic rings. The predicted octanol–water partition coefficient (Wildman–Crippen LogP) is 9.33. The fourth-order valence-electron chi connectivity index (χ4n) is 6.02. The van der Waals surface area contributed by atoms with Crippen molar-refractivity contribution in [3.05, 3.63) is 135 Å². The molecule has 0 saturated heterocycles. The molecule has 7 rings (SSSR count). The van der Waals surface area contributed by atoms with E-state index in [2.05, 4.69) is 101 Å². The van der Waals surface area contributed by atoms with Gasteiger partial charge < -0.3 is 4.55 Å². The summed E-state index contributed by atoms with van der Waals surface area (Å²) >= 11 is 10.7. The molecule has 5 aromatic carbocycles. The lowest BCUT2D eigenvalue weighted by molar-refractivity contribution is 0.601. The molecule has 1 atom stereocenters. The molecule has 0 amide bonds. The topological polar surface area (TPSA) is 23.1 Å². The van der Waals surface area contributed by atoms with Crippen molar-refractivity contribution >= 4 is 50.5 Å². The Labute approximate surface area is 237 Å². The molecule has 1 heterocycles. The minimum atomic E-state index is -1.17. The van der Waals surface area contributed by atoms with E-state index in [1.807, 2.05) is 30.0 Å². The molecule has 1 aliphatic carbocycles. The highest BCUT2D eigenvalue weighted by Crippen LogP contribution is 2.62. The summed E-state index contributed by atoms with van der Waals surface area (Å²) in [4.78, 5) is 3.25. The van der Waals surface area contributed by atoms with Gasteiger partial charge in [0.2, 0.25) is 0 Å². The quantitative estimate of drug-likeness (QED) is 0.185. The van der Waals surface area contributed by atoms with Crippen molar-refractivity contribution in [1.29, 1.82) is 0 Å². The van der Waals surface area contributed by atoms with E-state index in [0.717, 1.165) is 20.5 Å². The number of benzene rings is 5. The Hall–Kier alpha value is -2.47. The highest BCUT2D eigenvalue weighted by molar-refractivity contribution is 9.10. The maximum atomic E-state index is 12.7. The smallest absolute Gasteiger partial charge is 0.161 e. The molecule has 0 fully saturated rings. The van der Waals surface area contributed by atoms with Crippen LogP contribution in [0.4, 0.5) is 0 Å². The molecule has 1 spiro atoms. The molecule has 0 saturated carbocycles. The van der Waals surface area contributed by atoms with Gasteiger partial charge in [0, 0.05) is 30.9 Å². The predicted molar refractivity (Wildman–Crippen MR) is 158 cm³/mol. The summed E-state index contributed by atoms with van der Waals surface area (Å²) in [5.74, 6) is 0. The van der Waals surface area contributed by atoms with Crippen molar-refractivity contribution in [1.82, 2.24) is 0 Å². The molecule has 0 radical (unpaired) electrons. The van der Waals surface area contributed by atoms with Gasteiger partial charge in [-0.05, 0) is 92.6 Å². The van der Waals surface area contributed by atoms with Gasteiger partial charge in [0.1, 0.15) is 6.26 Å². The molecule has 5 heteroatoms. The lowest BCUT2D eigenvalue weighted by Crippen LogP contribution is -2.32. The SMILES string of the molecule is C[S+]([O-])c1cc(Cl)ccc1-c1ccc2c(c1)C1(c3cc(Br)ccc3S2)c2ccccc2-c2ccccc21. The first kappa shape index (κ1) is 23.6. The van der Waals surface area contributed by atoms with Crippen LogP contribution in [0.5, 0.6) is 0 Å². The van der Waals surface area contributed by atoms with Gasteiger partial charge in [-0.1, -0.05) is 93.9 Å². The molecule has 0 N–H and O–H groups in total. The van der Waals surface area contributed by atoms with Gasteiger partial charge in [-0.15, -0.1) is 0 Å². The molecular formula is C32H20BrClOS2. The summed E-state index contributed by atoms with van der Waals surface area (Å²) in [6.45, 7) is 0. The van der Waals surface area contributed by atoms with Gasteiger partial charge in [-0.2, -0.15) is 0 Å². The van der Waals surface area contributed by atoms with Gasteiger partial charge >= 0.3 is 0 Å². The van der Waals surface area contributed by atoms with Crippen molar-refractivity contribution in [3.8, 4) is 22.3 Å². The van der Waals surface area contributed by atoms with Gasteiger partial charge in [-0.25, -0.2) is 0 Å². The molecule has 1 nitrogen and oxygen atoms in total. The maximum Gasteiger partial charge on any atom is 0.161 e. The largest absolute Gasteiger partial charge is 0.612 e. The zero-order valence-corrected chi connectivity index (χ0v) is 23.8. The number of rotatable bonds is 2. The monoisotopic (exact) mass is 598 g/mol. The fourth-order valence-corrected chi connectivity index (χ4v) is 8.55. The zero-order valence-electron chi connectivity index (χ0n) is 19.8. The van der Waals surface area contributed by atoms with Crippen LogP contribution < -0.4 is 0 Å². The highest BCUT2D eigenvalue weighted by Gasteiger charge is 2.50. The van der Waals surface area contributed by atoms with Crippen LogP contribution in [0.15, 0.2) is 122 Å². The van der Waals surface area contributed by atoms with Crippen molar-refractivity contribution in [3.63, 3.8) is 0 Å². The first-order valence-corrected chi connectivity index (χ1v) is 15.5. The average Bonchev–Trinajstić information content (AvgIpc) is 3.20. The highest BCUT2D eigenvalue weighted by atomic mass is 79.9. The Kier molecular flexibility index (Phi) is 5.62. The van der Waals surface area contributed by atoms with Gasteiger partial charge in [0.05, 0.1) is 5.41 Å². The Balaban J connectivity index is 1.60. The van der Waals surface area contributed by atoms with Crippen molar-refractivity contribution in [2.24, 2.45) is 0 Å². The standard InChI is InChI=1S/C32H20BrClOS2/c1-37(35)31-18-21(34)12-13-22(31)19-10-14-29-27(16-19)32(28-17-20(33)11-15-30(28)36-29)25-8-4-2-6-23(25)24-7-3-5-9-26(24)32/h2-18H,1H3. The van der Waals surface area contributed by atoms with E-state index in [1.165, 1.54) is 43.2 Å². The van der Waals surface area contributed by atoms with Crippen molar-refractivity contribution < 1.29 is 4.55 Å². The van der Waals surface area contributed by atoms with Gasteiger partial charge in [0.15, 0.2) is 4.90 Å². The number of hydrogen-bond donors (Lipinski definition) is 0. The zero-order chi connectivity index (χ0) is 25.3. The summed E-state index contributed by atoms with van der Waals surface area (Å²) < 4.78 is 13.8. The minimum absolute atomic E-state index is 0.457. The summed E-state index contributed by atoms with van der Waals surface area (Å²) in [5, 5.41) is 0.594. The third-order valence-electron chi connectivity index (χ3n) is 7.47. The van der Waals surface area contributed by atoms with Gasteiger partial charge in [-0.3, -0.25) is 0 Å². The second-order valence-electron chi connectivity index (χ2n) is 9.39. The second-order valence-corrected chi connectivity index (χ2v) is 13.2. The third-order valence-corrected chi connectivity index (χ3v) is 10.3. The van der Waals surface area contributed by atoms with Crippen LogP contribution in [-0.4, -0.2) is 10.8 Å². The van der Waals surface area contributed by atoms with Crippen LogP contribution in [0.2, 0.25) is 5.02 Å². The molecule has 1 unspecified atom stereocenters. The normalized spacial score (nSPS) is 15.0. The first-order valence-electron chi connectivity index (χ1n) is 11.9. The third kappa shape index (κ3) is 3.43. The van der Waals surface area contributed by atoms with E-state index in [9.17, 15) is 4.55 Å². The number of fused-ring (bicyclic) bond motifs is 9. The Morgan fingerprint density at radius 1 is 0.703 bits per heavy atom. The van der Waals surface area contributed by atoms with E-state index in [-0.39, 0.29) is 0 Å². The molecule has 0 bridgehead atoms. The van der Waals surface area contributed by atoms with Crippen LogP contribution in [-0.2, 0) is 16.6 Å². The van der Waals surface area contributed by atoms with Crippen LogP contribution in [0.25, 0.3) is 22.3 Å². The molecule has 37 heavy (non-hydrogen) atoms. The lowest BCUT2D eigenvalue weighted by atomic mass is 9.67. The van der Waals surface area contributed by atoms with Crippen LogP contribution in [0.1, 0.15) is 22.3 Å². The summed E-state index contributed by atoms with van der Waals surface area (Å²) in [6.07, 6.45) is 1.71. The number of halogens is 2. The Morgan fingerprint density at radius 3 is 2.00 bits per heavy atom. The van der Waals surface area contributed by atoms with E-state index < -0.39 is 16.6 Å². The summed E-state index contributed by atoms with van der Waals surface area (Å²) in [6, 6.07) is 36.6. The van der Waals surface area contributed by atoms with Crippen molar-refractivity contribution in [2.45, 2.75) is 20.1 Å². The fraction of sp³-hybridized carbons (Fsp3) is 0.0625. The molecular weight excluding hydrogens is 580 g/mol. The lowest BCUT2D eigenvalue weighted by Gasteiger charge is -2.40. The second kappa shape index (κ2) is 8.79. The molecule has 2 aliphatic rings. The number of hydrogen-bond acceptors (Lipinski definition) is 2. The van der Waals surface area contributed by atoms with Crippen molar-refractivity contribution in [2.75, 3.05) is 6.26 Å². The summed E-state index contributed by atoms with van der Waals surface area (Å²) in [5.41, 5.74) is 9.21. The Bertz CT molecular complexity index is 1680. The first-order chi connectivity index (χ1) is 18.0. The van der Waals surface area contributed by atoms with Crippen LogP contribution in [0.3, 0.4) is 0 Å². The van der Waals surface area contributed by atoms with Gasteiger partial charge in [0.25, 0.3) is 0 Å². The molecule has 0 aromatic heterocycles. The van der Waals surface area contributed by atoms with E-state index >= 15 is 0 Å². The molecule has 180 valence electrons. The summed E-state index contributed by atoms with van der Waals surface area (Å²) in [7, 11) is 0. The maximum absolute atomic E-state index is 12.7. The van der Waals surface area contributed by atoms with E-state index in [0.29, 0.717) is 5.02 Å². The van der Waals surface area contributed by atoms with Crippen LogP contribution in [0, 0.1) is 0 Å². The van der Waals surface area contributed by atoms with E-state index in [4.69, 9.17) is 11.6 Å². The minimum Gasteiger partial charge on any atom is -0.612 e. The molecule has 1 aliphatic heterocycles. The van der Waals surface area contributed by atoms with Crippen LogP contribution >= 0.6 is 39.3 Å². The average molecular weight is 600 g/mol.